The first kappa shape index (κ1) is 15.9. The molecule has 1 atom stereocenters. The van der Waals surface area contributed by atoms with E-state index in [1.165, 1.54) is 0 Å². The van der Waals surface area contributed by atoms with Crippen LogP contribution in [0.5, 0.6) is 0 Å². The van der Waals surface area contributed by atoms with Gasteiger partial charge in [0.2, 0.25) is 0 Å². The van der Waals surface area contributed by atoms with E-state index in [9.17, 15) is 17.6 Å². The summed E-state index contributed by atoms with van der Waals surface area (Å²) in [7, 11) is 0. The van der Waals surface area contributed by atoms with Crippen LogP contribution in [0.3, 0.4) is 0 Å². The molecule has 0 aliphatic carbocycles. The summed E-state index contributed by atoms with van der Waals surface area (Å²) in [4.78, 5) is 0. The number of aliphatic hydroxyl groups excluding tert-OH is 1. The lowest BCUT2D eigenvalue weighted by Crippen LogP contribution is -2.37. The van der Waals surface area contributed by atoms with E-state index in [0.29, 0.717) is 6.07 Å². The van der Waals surface area contributed by atoms with Crippen molar-refractivity contribution in [3.8, 4) is 0 Å². The van der Waals surface area contributed by atoms with E-state index in [-0.39, 0.29) is 30.7 Å². The molecule has 2 nitrogen and oxygen atoms in total. The van der Waals surface area contributed by atoms with Crippen LogP contribution in [0.2, 0.25) is 0 Å². The van der Waals surface area contributed by atoms with Crippen molar-refractivity contribution < 1.29 is 22.7 Å². The molecule has 0 amide bonds. The van der Waals surface area contributed by atoms with Crippen LogP contribution in [0, 0.1) is 11.7 Å². The molecule has 0 unspecified atom stereocenters. The van der Waals surface area contributed by atoms with Crippen LogP contribution < -0.4 is 5.32 Å². The second kappa shape index (κ2) is 6.34. The summed E-state index contributed by atoms with van der Waals surface area (Å²) in [5.41, 5.74) is -1.02. The third kappa shape index (κ3) is 4.47. The minimum absolute atomic E-state index is 0.0343. The van der Waals surface area contributed by atoms with Crippen molar-refractivity contribution in [1.82, 2.24) is 5.32 Å². The Bertz CT molecular complexity index is 418. The van der Waals surface area contributed by atoms with Crippen molar-refractivity contribution in [2.24, 2.45) is 5.92 Å². The zero-order valence-corrected chi connectivity index (χ0v) is 10.8. The number of benzene rings is 1. The molecule has 2 N–H and O–H groups in total. The Kier molecular flexibility index (Phi) is 5.31. The SMILES string of the molecule is CC(C)[C@@H](CO)NCc1ccc(F)cc1C(F)(F)F. The Hall–Kier alpha value is -1.14. The Morgan fingerprint density at radius 3 is 2.37 bits per heavy atom. The Labute approximate surface area is 109 Å². The monoisotopic (exact) mass is 279 g/mol. The minimum atomic E-state index is -4.59. The molecule has 1 aromatic carbocycles. The highest BCUT2D eigenvalue weighted by atomic mass is 19.4. The molecule has 0 aromatic heterocycles. The molecule has 0 saturated heterocycles. The second-order valence-electron chi connectivity index (χ2n) is 4.71. The molecule has 1 aromatic rings. The molecular weight excluding hydrogens is 262 g/mol. The van der Waals surface area contributed by atoms with Gasteiger partial charge in [0.25, 0.3) is 0 Å². The van der Waals surface area contributed by atoms with Crippen LogP contribution in [0.4, 0.5) is 17.6 Å². The summed E-state index contributed by atoms with van der Waals surface area (Å²) in [6, 6.07) is 2.29. The average molecular weight is 279 g/mol. The fraction of sp³-hybridized carbons (Fsp3) is 0.538. The van der Waals surface area contributed by atoms with Gasteiger partial charge in [-0.15, -0.1) is 0 Å². The number of aliphatic hydroxyl groups is 1. The lowest BCUT2D eigenvalue weighted by atomic mass is 10.0. The molecule has 0 heterocycles. The van der Waals surface area contributed by atoms with E-state index in [2.05, 4.69) is 5.32 Å². The highest BCUT2D eigenvalue weighted by Crippen LogP contribution is 2.32. The molecule has 0 radical (unpaired) electrons. The van der Waals surface area contributed by atoms with Crippen LogP contribution in [-0.4, -0.2) is 17.8 Å². The number of alkyl halides is 3. The fourth-order valence-corrected chi connectivity index (χ4v) is 1.72. The number of hydrogen-bond acceptors (Lipinski definition) is 2. The van der Waals surface area contributed by atoms with Gasteiger partial charge in [-0.2, -0.15) is 13.2 Å². The molecule has 6 heteroatoms. The summed E-state index contributed by atoms with van der Waals surface area (Å²) in [5, 5.41) is 11.9. The third-order valence-corrected chi connectivity index (χ3v) is 2.93. The van der Waals surface area contributed by atoms with E-state index in [4.69, 9.17) is 5.11 Å². The van der Waals surface area contributed by atoms with Gasteiger partial charge in [-0.25, -0.2) is 4.39 Å². The molecule has 0 bridgehead atoms. The molecule has 108 valence electrons. The zero-order chi connectivity index (χ0) is 14.6. The lowest BCUT2D eigenvalue weighted by Gasteiger charge is -2.21. The molecular formula is C13H17F4NO. The minimum Gasteiger partial charge on any atom is -0.395 e. The van der Waals surface area contributed by atoms with Crippen LogP contribution >= 0.6 is 0 Å². The molecule has 1 rings (SSSR count). The van der Waals surface area contributed by atoms with Crippen molar-refractivity contribution >= 4 is 0 Å². The van der Waals surface area contributed by atoms with Gasteiger partial charge < -0.3 is 10.4 Å². The van der Waals surface area contributed by atoms with E-state index >= 15 is 0 Å². The van der Waals surface area contributed by atoms with Crippen molar-refractivity contribution in [3.63, 3.8) is 0 Å². The standard InChI is InChI=1S/C13H17F4NO/c1-8(2)12(7-19)18-6-9-3-4-10(14)5-11(9)13(15,16)17/h3-5,8,12,18-19H,6-7H2,1-2H3/t12-/m1/s1. The first-order valence-electron chi connectivity index (χ1n) is 5.95. The highest BCUT2D eigenvalue weighted by molar-refractivity contribution is 5.30. The summed E-state index contributed by atoms with van der Waals surface area (Å²) >= 11 is 0. The van der Waals surface area contributed by atoms with Gasteiger partial charge >= 0.3 is 6.18 Å². The topological polar surface area (TPSA) is 32.3 Å². The Balaban J connectivity index is 2.89. The summed E-state index contributed by atoms with van der Waals surface area (Å²) in [6.45, 7) is 3.46. The van der Waals surface area contributed by atoms with E-state index in [1.807, 2.05) is 13.8 Å². The first-order valence-corrected chi connectivity index (χ1v) is 5.95. The summed E-state index contributed by atoms with van der Waals surface area (Å²) in [6.07, 6.45) is -4.59. The number of nitrogens with one attached hydrogen (secondary N) is 1. The smallest absolute Gasteiger partial charge is 0.395 e. The predicted molar refractivity (Wildman–Crippen MR) is 64.0 cm³/mol. The van der Waals surface area contributed by atoms with Gasteiger partial charge in [0.15, 0.2) is 0 Å². The Morgan fingerprint density at radius 2 is 1.89 bits per heavy atom. The predicted octanol–water partition coefficient (Wildman–Crippen LogP) is 2.95. The largest absolute Gasteiger partial charge is 0.416 e. The van der Waals surface area contributed by atoms with Crippen LogP contribution in [0.15, 0.2) is 18.2 Å². The maximum Gasteiger partial charge on any atom is 0.416 e. The number of rotatable bonds is 5. The maximum absolute atomic E-state index is 12.9. The summed E-state index contributed by atoms with van der Waals surface area (Å²) < 4.78 is 51.2. The molecule has 0 saturated carbocycles. The molecule has 19 heavy (non-hydrogen) atoms. The van der Waals surface area contributed by atoms with Crippen LogP contribution in [-0.2, 0) is 12.7 Å². The molecule has 0 spiro atoms. The normalized spacial score (nSPS) is 13.9. The number of hydrogen-bond donors (Lipinski definition) is 2. The van der Waals surface area contributed by atoms with Gasteiger partial charge in [-0.3, -0.25) is 0 Å². The van der Waals surface area contributed by atoms with E-state index in [0.717, 1.165) is 12.1 Å². The van der Waals surface area contributed by atoms with Gasteiger partial charge in [-0.05, 0) is 23.6 Å². The Morgan fingerprint density at radius 1 is 1.26 bits per heavy atom. The van der Waals surface area contributed by atoms with Crippen molar-refractivity contribution in [2.45, 2.75) is 32.6 Å². The lowest BCUT2D eigenvalue weighted by molar-refractivity contribution is -0.138. The van der Waals surface area contributed by atoms with E-state index in [1.54, 1.807) is 0 Å². The van der Waals surface area contributed by atoms with Crippen LogP contribution in [0.1, 0.15) is 25.0 Å². The third-order valence-electron chi connectivity index (χ3n) is 2.93. The van der Waals surface area contributed by atoms with Crippen molar-refractivity contribution in [3.05, 3.63) is 35.1 Å². The average Bonchev–Trinajstić information content (AvgIpc) is 2.29. The maximum atomic E-state index is 12.9. The van der Waals surface area contributed by atoms with Crippen molar-refractivity contribution in [2.75, 3.05) is 6.61 Å². The van der Waals surface area contributed by atoms with E-state index < -0.39 is 17.6 Å². The molecule has 0 aliphatic rings. The van der Waals surface area contributed by atoms with Gasteiger partial charge in [0.1, 0.15) is 5.82 Å². The van der Waals surface area contributed by atoms with Crippen molar-refractivity contribution in [1.29, 1.82) is 0 Å². The summed E-state index contributed by atoms with van der Waals surface area (Å²) in [5.74, 6) is -0.835. The van der Waals surface area contributed by atoms with Gasteiger partial charge in [-0.1, -0.05) is 19.9 Å². The second-order valence-corrected chi connectivity index (χ2v) is 4.71. The molecule has 0 aliphatic heterocycles. The first-order chi connectivity index (χ1) is 8.75. The zero-order valence-electron chi connectivity index (χ0n) is 10.8. The van der Waals surface area contributed by atoms with Gasteiger partial charge in [0.05, 0.1) is 12.2 Å². The number of halogens is 4. The van der Waals surface area contributed by atoms with Gasteiger partial charge in [0, 0.05) is 12.6 Å². The van der Waals surface area contributed by atoms with Crippen LogP contribution in [0.25, 0.3) is 0 Å². The quantitative estimate of drug-likeness (QED) is 0.812. The molecule has 0 fully saturated rings. The highest BCUT2D eigenvalue weighted by Gasteiger charge is 2.33. The fourth-order valence-electron chi connectivity index (χ4n) is 1.72.